The summed E-state index contributed by atoms with van der Waals surface area (Å²) in [5.41, 5.74) is -0.339. The number of amides is 1. The lowest BCUT2D eigenvalue weighted by Crippen LogP contribution is -2.65. The van der Waals surface area contributed by atoms with E-state index in [1.54, 1.807) is 12.3 Å². The number of β-amino-alcohol motifs (C(OH)–C–C–N with tert-alkyl or cyclic N) is 1. The van der Waals surface area contributed by atoms with E-state index in [2.05, 4.69) is 15.6 Å². The van der Waals surface area contributed by atoms with Crippen molar-refractivity contribution < 1.29 is 33.0 Å². The first-order valence-corrected chi connectivity index (χ1v) is 6.64. The molecule has 1 aromatic heterocycles. The summed E-state index contributed by atoms with van der Waals surface area (Å²) in [4.78, 5) is 26.6. The maximum absolute atomic E-state index is 11.7. The third-order valence-corrected chi connectivity index (χ3v) is 3.01. The van der Waals surface area contributed by atoms with E-state index < -0.39 is 23.7 Å². The number of aromatic nitrogens is 1. The monoisotopic (exact) mass is 350 g/mol. The number of carboxylic acid groups (broad SMARTS) is 1. The lowest BCUT2D eigenvalue weighted by atomic mass is 9.96. The van der Waals surface area contributed by atoms with Gasteiger partial charge in [0.1, 0.15) is 5.82 Å². The molecule has 0 saturated carbocycles. The summed E-state index contributed by atoms with van der Waals surface area (Å²) < 4.78 is 31.7. The topological polar surface area (TPSA) is 115 Å². The molecule has 1 fully saturated rings. The Bertz CT molecular complexity index is 586. The summed E-state index contributed by atoms with van der Waals surface area (Å²) in [7, 11) is 3.83. The van der Waals surface area contributed by atoms with Crippen LogP contribution in [0.25, 0.3) is 0 Å². The van der Waals surface area contributed by atoms with Crippen LogP contribution in [-0.2, 0) is 9.59 Å². The molecule has 1 amide bonds. The van der Waals surface area contributed by atoms with Crippen molar-refractivity contribution in [3.05, 3.63) is 18.3 Å². The van der Waals surface area contributed by atoms with Crippen molar-refractivity contribution in [1.82, 2.24) is 10.3 Å². The second-order valence-corrected chi connectivity index (χ2v) is 5.19. The Morgan fingerprint density at radius 1 is 1.33 bits per heavy atom. The summed E-state index contributed by atoms with van der Waals surface area (Å²) in [5, 5.41) is 22.3. The molecule has 0 aliphatic carbocycles. The first kappa shape index (κ1) is 19.6. The summed E-state index contributed by atoms with van der Waals surface area (Å²) in [6.07, 6.45) is -3.42. The highest BCUT2D eigenvalue weighted by Gasteiger charge is 2.42. The zero-order valence-corrected chi connectivity index (χ0v) is 12.9. The van der Waals surface area contributed by atoms with Crippen LogP contribution in [0.4, 0.5) is 24.7 Å². The fourth-order valence-corrected chi connectivity index (χ4v) is 1.48. The fraction of sp³-hybridized carbons (Fsp3) is 0.462. The number of pyridine rings is 1. The van der Waals surface area contributed by atoms with E-state index in [1.165, 1.54) is 0 Å². The highest BCUT2D eigenvalue weighted by molar-refractivity contribution is 5.97. The number of nitrogens with one attached hydrogen (secondary N) is 2. The van der Waals surface area contributed by atoms with Crippen LogP contribution in [0, 0.1) is 0 Å². The van der Waals surface area contributed by atoms with Crippen LogP contribution in [-0.4, -0.2) is 66.0 Å². The van der Waals surface area contributed by atoms with Gasteiger partial charge in [-0.3, -0.25) is 4.79 Å². The highest BCUT2D eigenvalue weighted by atomic mass is 19.4. The Hall–Kier alpha value is -2.40. The lowest BCUT2D eigenvalue weighted by molar-refractivity contribution is -0.192. The number of carbonyl (C=O) groups excluding carboxylic acids is 1. The molecule has 0 bridgehead atoms. The molecule has 4 N–H and O–H groups in total. The molecule has 24 heavy (non-hydrogen) atoms. The van der Waals surface area contributed by atoms with E-state index in [-0.39, 0.29) is 13.1 Å². The molecule has 1 aromatic rings. The molecule has 134 valence electrons. The molecule has 8 nitrogen and oxygen atoms in total. The van der Waals surface area contributed by atoms with Crippen molar-refractivity contribution in [2.75, 3.05) is 37.4 Å². The van der Waals surface area contributed by atoms with Gasteiger partial charge >= 0.3 is 12.1 Å². The number of anilines is 2. The van der Waals surface area contributed by atoms with E-state index in [9.17, 15) is 23.1 Å². The van der Waals surface area contributed by atoms with Gasteiger partial charge in [0.2, 0.25) is 0 Å². The number of carboxylic acids is 1. The van der Waals surface area contributed by atoms with Crippen LogP contribution in [0.1, 0.15) is 0 Å². The van der Waals surface area contributed by atoms with Gasteiger partial charge in [-0.1, -0.05) is 0 Å². The van der Waals surface area contributed by atoms with Crippen molar-refractivity contribution in [2.24, 2.45) is 0 Å². The van der Waals surface area contributed by atoms with Gasteiger partial charge in [-0.25, -0.2) is 9.78 Å². The van der Waals surface area contributed by atoms with Gasteiger partial charge in [0, 0.05) is 27.2 Å². The number of hydrogen-bond donors (Lipinski definition) is 4. The Balaban J connectivity index is 0.000000351. The molecule has 1 saturated heterocycles. The molecule has 1 aliphatic heterocycles. The first-order chi connectivity index (χ1) is 11.0. The minimum atomic E-state index is -5.08. The average Bonchev–Trinajstić information content (AvgIpc) is 2.44. The minimum Gasteiger partial charge on any atom is -0.475 e. The number of alkyl halides is 3. The van der Waals surface area contributed by atoms with Gasteiger partial charge in [-0.2, -0.15) is 13.2 Å². The van der Waals surface area contributed by atoms with Crippen LogP contribution in [0.2, 0.25) is 0 Å². The molecular formula is C13H17F3N4O4. The fourth-order valence-electron chi connectivity index (χ4n) is 1.48. The molecule has 0 unspecified atom stereocenters. The Morgan fingerprint density at radius 3 is 2.17 bits per heavy atom. The summed E-state index contributed by atoms with van der Waals surface area (Å²) in [6.45, 7) is 0.573. The van der Waals surface area contributed by atoms with Crippen LogP contribution >= 0.6 is 0 Å². The molecule has 0 spiro atoms. The normalized spacial score (nSPS) is 15.4. The standard InChI is InChI=1S/C11H16N4O2.C2HF3O2/c1-15(2)8-3-4-9(13-5-8)14-10(16)11(17)6-12-7-11;3-2(4,5)1(6)7/h3-5,12,17H,6-7H2,1-2H3,(H,13,14,16);(H,6,7). The zero-order chi connectivity index (χ0) is 18.5. The number of halogens is 3. The second kappa shape index (κ2) is 7.45. The van der Waals surface area contributed by atoms with E-state index in [1.807, 2.05) is 25.1 Å². The summed E-state index contributed by atoms with van der Waals surface area (Å²) >= 11 is 0. The summed E-state index contributed by atoms with van der Waals surface area (Å²) in [6, 6.07) is 3.56. The van der Waals surface area contributed by atoms with E-state index in [4.69, 9.17) is 9.90 Å². The molecule has 0 radical (unpaired) electrons. The molecule has 0 aromatic carbocycles. The van der Waals surface area contributed by atoms with Gasteiger partial charge in [0.15, 0.2) is 5.60 Å². The van der Waals surface area contributed by atoms with Crippen LogP contribution in [0.3, 0.4) is 0 Å². The van der Waals surface area contributed by atoms with Gasteiger partial charge in [0.25, 0.3) is 5.91 Å². The van der Waals surface area contributed by atoms with Crippen LogP contribution < -0.4 is 15.5 Å². The lowest BCUT2D eigenvalue weighted by Gasteiger charge is -2.35. The highest BCUT2D eigenvalue weighted by Crippen LogP contribution is 2.16. The molecule has 11 heteroatoms. The number of rotatable bonds is 3. The summed E-state index contributed by atoms with van der Waals surface area (Å²) in [5.74, 6) is -2.73. The van der Waals surface area contributed by atoms with Gasteiger partial charge in [-0.15, -0.1) is 0 Å². The third-order valence-electron chi connectivity index (χ3n) is 3.01. The number of hydrogen-bond acceptors (Lipinski definition) is 6. The number of aliphatic carboxylic acids is 1. The Morgan fingerprint density at radius 2 is 1.88 bits per heavy atom. The second-order valence-electron chi connectivity index (χ2n) is 5.19. The van der Waals surface area contributed by atoms with Crippen molar-refractivity contribution in [1.29, 1.82) is 0 Å². The van der Waals surface area contributed by atoms with Crippen molar-refractivity contribution >= 4 is 23.4 Å². The SMILES string of the molecule is CN(C)c1ccc(NC(=O)C2(O)CNC2)nc1.O=C(O)C(F)(F)F. The smallest absolute Gasteiger partial charge is 0.475 e. The number of carbonyl (C=O) groups is 2. The average molecular weight is 350 g/mol. The van der Waals surface area contributed by atoms with Gasteiger partial charge in [-0.05, 0) is 12.1 Å². The van der Waals surface area contributed by atoms with E-state index in [0.717, 1.165) is 5.69 Å². The first-order valence-electron chi connectivity index (χ1n) is 6.64. The number of nitrogens with zero attached hydrogens (tertiary/aromatic N) is 2. The van der Waals surface area contributed by atoms with Crippen LogP contribution in [0.15, 0.2) is 18.3 Å². The molecule has 2 rings (SSSR count). The van der Waals surface area contributed by atoms with E-state index in [0.29, 0.717) is 5.82 Å². The maximum atomic E-state index is 11.7. The maximum Gasteiger partial charge on any atom is 0.490 e. The Labute approximate surface area is 135 Å². The van der Waals surface area contributed by atoms with Crippen molar-refractivity contribution in [3.8, 4) is 0 Å². The third kappa shape index (κ3) is 5.35. The molecule has 1 aliphatic rings. The van der Waals surface area contributed by atoms with Crippen molar-refractivity contribution in [3.63, 3.8) is 0 Å². The molecule has 2 heterocycles. The van der Waals surface area contributed by atoms with Crippen LogP contribution in [0.5, 0.6) is 0 Å². The van der Waals surface area contributed by atoms with E-state index >= 15 is 0 Å². The molecule has 0 atom stereocenters. The minimum absolute atomic E-state index is 0.286. The zero-order valence-electron chi connectivity index (χ0n) is 12.9. The Kier molecular flexibility index (Phi) is 6.10. The predicted octanol–water partition coefficient (Wildman–Crippen LogP) is 0.0537. The predicted molar refractivity (Wildman–Crippen MR) is 78.7 cm³/mol. The molecular weight excluding hydrogens is 333 g/mol. The largest absolute Gasteiger partial charge is 0.490 e. The van der Waals surface area contributed by atoms with Gasteiger partial charge < -0.3 is 25.7 Å². The quantitative estimate of drug-likeness (QED) is 0.609. The van der Waals surface area contributed by atoms with Crippen molar-refractivity contribution in [2.45, 2.75) is 11.8 Å². The number of aliphatic hydroxyl groups is 1. The van der Waals surface area contributed by atoms with Gasteiger partial charge in [0.05, 0.1) is 11.9 Å².